The van der Waals surface area contributed by atoms with Gasteiger partial charge in [-0.05, 0) is 58.7 Å². The summed E-state index contributed by atoms with van der Waals surface area (Å²) in [5, 5.41) is 0. The molecule has 100 valence electrons. The molecule has 2 aromatic rings. The number of benzene rings is 2. The van der Waals surface area contributed by atoms with Crippen molar-refractivity contribution in [1.29, 1.82) is 0 Å². The standard InChI is InChI=1S/C15H12BrF2I/c1-9-3-2-4-12(15(9)19)13(16)7-10-5-6-11(17)8-14(10)18/h2-6,8,13H,7H2,1H3. The lowest BCUT2D eigenvalue weighted by Crippen LogP contribution is -2.01. The second-order valence-electron chi connectivity index (χ2n) is 4.39. The van der Waals surface area contributed by atoms with Gasteiger partial charge in [-0.15, -0.1) is 0 Å². The molecule has 0 saturated heterocycles. The molecule has 0 aliphatic carbocycles. The third-order valence-electron chi connectivity index (χ3n) is 2.97. The molecule has 1 unspecified atom stereocenters. The van der Waals surface area contributed by atoms with Gasteiger partial charge in [0.05, 0.1) is 0 Å². The SMILES string of the molecule is Cc1cccc(C(Br)Cc2ccc(F)cc2F)c1I. The zero-order valence-electron chi connectivity index (χ0n) is 10.3. The van der Waals surface area contributed by atoms with Crippen molar-refractivity contribution in [2.45, 2.75) is 18.2 Å². The van der Waals surface area contributed by atoms with Gasteiger partial charge in [0.15, 0.2) is 0 Å². The quantitative estimate of drug-likeness (QED) is 0.436. The summed E-state index contributed by atoms with van der Waals surface area (Å²) in [5.41, 5.74) is 2.84. The topological polar surface area (TPSA) is 0 Å². The third kappa shape index (κ3) is 3.54. The third-order valence-corrected chi connectivity index (χ3v) is 5.26. The predicted molar refractivity (Wildman–Crippen MR) is 85.6 cm³/mol. The highest BCUT2D eigenvalue weighted by Gasteiger charge is 2.15. The molecule has 0 amide bonds. The van der Waals surface area contributed by atoms with E-state index in [1.165, 1.54) is 21.3 Å². The number of aryl methyl sites for hydroxylation is 1. The highest BCUT2D eigenvalue weighted by Crippen LogP contribution is 2.32. The fourth-order valence-electron chi connectivity index (χ4n) is 1.90. The largest absolute Gasteiger partial charge is 0.207 e. The van der Waals surface area contributed by atoms with Crippen molar-refractivity contribution < 1.29 is 8.78 Å². The molecular formula is C15H12BrF2I. The first-order valence-corrected chi connectivity index (χ1v) is 7.81. The Labute approximate surface area is 133 Å². The minimum atomic E-state index is -0.544. The fraction of sp³-hybridized carbons (Fsp3) is 0.200. The van der Waals surface area contributed by atoms with Crippen LogP contribution < -0.4 is 0 Å². The molecule has 0 N–H and O–H groups in total. The van der Waals surface area contributed by atoms with Crippen molar-refractivity contribution in [2.24, 2.45) is 0 Å². The summed E-state index contributed by atoms with van der Waals surface area (Å²) in [6.45, 7) is 2.05. The number of hydrogen-bond acceptors (Lipinski definition) is 0. The van der Waals surface area contributed by atoms with E-state index in [0.717, 1.165) is 11.6 Å². The lowest BCUT2D eigenvalue weighted by atomic mass is 10.0. The summed E-state index contributed by atoms with van der Waals surface area (Å²) in [6, 6.07) is 9.78. The molecule has 0 aliphatic rings. The molecule has 0 heterocycles. The van der Waals surface area contributed by atoms with Crippen molar-refractivity contribution in [2.75, 3.05) is 0 Å². The molecule has 0 saturated carbocycles. The van der Waals surface area contributed by atoms with Gasteiger partial charge in [-0.3, -0.25) is 0 Å². The van der Waals surface area contributed by atoms with Gasteiger partial charge < -0.3 is 0 Å². The molecule has 0 bridgehead atoms. The number of alkyl halides is 1. The molecule has 0 nitrogen and oxygen atoms in total. The van der Waals surface area contributed by atoms with Gasteiger partial charge in [0.2, 0.25) is 0 Å². The van der Waals surface area contributed by atoms with Crippen molar-refractivity contribution in [3.63, 3.8) is 0 Å². The van der Waals surface area contributed by atoms with Crippen LogP contribution in [0.25, 0.3) is 0 Å². The average molecular weight is 437 g/mol. The summed E-state index contributed by atoms with van der Waals surface area (Å²) >= 11 is 5.89. The molecule has 4 heteroatoms. The van der Waals surface area contributed by atoms with Crippen molar-refractivity contribution >= 4 is 38.5 Å². The van der Waals surface area contributed by atoms with E-state index < -0.39 is 11.6 Å². The van der Waals surface area contributed by atoms with Gasteiger partial charge in [0, 0.05) is 14.5 Å². The summed E-state index contributed by atoms with van der Waals surface area (Å²) in [7, 11) is 0. The van der Waals surface area contributed by atoms with E-state index in [9.17, 15) is 8.78 Å². The van der Waals surface area contributed by atoms with E-state index in [0.29, 0.717) is 12.0 Å². The molecule has 0 radical (unpaired) electrons. The Bertz CT molecular complexity index is 599. The van der Waals surface area contributed by atoms with Crippen LogP contribution in [0.4, 0.5) is 8.78 Å². The van der Waals surface area contributed by atoms with Gasteiger partial charge in [0.25, 0.3) is 0 Å². The van der Waals surface area contributed by atoms with Gasteiger partial charge in [0.1, 0.15) is 11.6 Å². The maximum Gasteiger partial charge on any atom is 0.129 e. The highest BCUT2D eigenvalue weighted by atomic mass is 127. The van der Waals surface area contributed by atoms with Crippen LogP contribution in [0.2, 0.25) is 0 Å². The monoisotopic (exact) mass is 436 g/mol. The van der Waals surface area contributed by atoms with E-state index in [1.54, 1.807) is 0 Å². The zero-order chi connectivity index (χ0) is 14.0. The lowest BCUT2D eigenvalue weighted by Gasteiger charge is -2.14. The van der Waals surface area contributed by atoms with E-state index in [1.807, 2.05) is 25.1 Å². The van der Waals surface area contributed by atoms with Crippen LogP contribution in [0, 0.1) is 22.1 Å². The second kappa shape index (κ2) is 6.31. The first-order chi connectivity index (χ1) is 8.99. The van der Waals surface area contributed by atoms with Crippen molar-refractivity contribution in [3.05, 3.63) is 68.3 Å². The first kappa shape index (κ1) is 14.9. The van der Waals surface area contributed by atoms with Gasteiger partial charge in [-0.1, -0.05) is 40.2 Å². The molecule has 0 spiro atoms. The van der Waals surface area contributed by atoms with Gasteiger partial charge >= 0.3 is 0 Å². The molecule has 19 heavy (non-hydrogen) atoms. The van der Waals surface area contributed by atoms with E-state index in [4.69, 9.17) is 0 Å². The zero-order valence-corrected chi connectivity index (χ0v) is 14.0. The van der Waals surface area contributed by atoms with Crippen LogP contribution in [0.1, 0.15) is 21.5 Å². The molecule has 2 aromatic carbocycles. The summed E-state index contributed by atoms with van der Waals surface area (Å²) in [4.78, 5) is 0.0132. The number of rotatable bonds is 3. The molecule has 0 aromatic heterocycles. The van der Waals surface area contributed by atoms with Crippen LogP contribution >= 0.6 is 38.5 Å². The number of halogens is 4. The Kier molecular flexibility index (Phi) is 4.95. The average Bonchev–Trinajstić information content (AvgIpc) is 2.36. The Balaban J connectivity index is 2.25. The predicted octanol–water partition coefficient (Wildman–Crippen LogP) is 5.56. The Morgan fingerprint density at radius 2 is 1.95 bits per heavy atom. The van der Waals surface area contributed by atoms with E-state index >= 15 is 0 Å². The van der Waals surface area contributed by atoms with Gasteiger partial charge in [-0.25, -0.2) is 8.78 Å². The van der Waals surface area contributed by atoms with Gasteiger partial charge in [-0.2, -0.15) is 0 Å². The summed E-state index contributed by atoms with van der Waals surface area (Å²) < 4.78 is 27.7. The van der Waals surface area contributed by atoms with Crippen molar-refractivity contribution in [3.8, 4) is 0 Å². The first-order valence-electron chi connectivity index (χ1n) is 5.82. The van der Waals surface area contributed by atoms with Crippen LogP contribution in [-0.2, 0) is 6.42 Å². The van der Waals surface area contributed by atoms with Crippen LogP contribution in [0.3, 0.4) is 0 Å². The minimum Gasteiger partial charge on any atom is -0.207 e. The Morgan fingerprint density at radius 1 is 1.21 bits per heavy atom. The van der Waals surface area contributed by atoms with E-state index in [-0.39, 0.29) is 4.83 Å². The lowest BCUT2D eigenvalue weighted by molar-refractivity contribution is 0.571. The maximum atomic E-state index is 13.6. The van der Waals surface area contributed by atoms with Crippen LogP contribution in [0.15, 0.2) is 36.4 Å². The Morgan fingerprint density at radius 3 is 2.63 bits per heavy atom. The molecular weight excluding hydrogens is 425 g/mol. The fourth-order valence-corrected chi connectivity index (χ4v) is 3.80. The smallest absolute Gasteiger partial charge is 0.129 e. The summed E-state index contributed by atoms with van der Waals surface area (Å²) in [5.74, 6) is -1.04. The summed E-state index contributed by atoms with van der Waals surface area (Å²) in [6.07, 6.45) is 0.492. The van der Waals surface area contributed by atoms with E-state index in [2.05, 4.69) is 38.5 Å². The highest BCUT2D eigenvalue weighted by molar-refractivity contribution is 14.1. The molecule has 0 aliphatic heterocycles. The Hall–Kier alpha value is -0.490. The molecule has 1 atom stereocenters. The molecule has 2 rings (SSSR count). The normalized spacial score (nSPS) is 12.5. The number of hydrogen-bond donors (Lipinski definition) is 0. The minimum absolute atomic E-state index is 0.0132. The molecule has 0 fully saturated rings. The second-order valence-corrected chi connectivity index (χ2v) is 6.57. The van der Waals surface area contributed by atoms with Crippen LogP contribution in [-0.4, -0.2) is 0 Å². The van der Waals surface area contributed by atoms with Crippen molar-refractivity contribution in [1.82, 2.24) is 0 Å². The maximum absolute atomic E-state index is 13.6. The van der Waals surface area contributed by atoms with Crippen LogP contribution in [0.5, 0.6) is 0 Å².